The molecule has 2 aliphatic carbocycles. The monoisotopic (exact) mass is 334 g/mol. The minimum atomic E-state index is 0. The lowest BCUT2D eigenvalue weighted by Crippen LogP contribution is -2.53. The van der Waals surface area contributed by atoms with Gasteiger partial charge >= 0.3 is 0 Å². The van der Waals surface area contributed by atoms with E-state index in [0.717, 1.165) is 0 Å². The molecule has 1 saturated carbocycles. The Balaban J connectivity index is 0.00000128. The van der Waals surface area contributed by atoms with Crippen molar-refractivity contribution in [2.75, 3.05) is 0 Å². The summed E-state index contributed by atoms with van der Waals surface area (Å²) in [6, 6.07) is 0. The largest absolute Gasteiger partial charge is 0.107 e. The fourth-order valence-electron chi connectivity index (χ4n) is 4.20. The normalized spacial score (nSPS) is 43.6. The summed E-state index contributed by atoms with van der Waals surface area (Å²) in [6.45, 7) is 14.7. The first-order valence-electron chi connectivity index (χ1n) is 6.37. The molecule has 2 rings (SSSR count). The molecule has 0 saturated heterocycles. The summed E-state index contributed by atoms with van der Waals surface area (Å²) in [7, 11) is 0. The van der Waals surface area contributed by atoms with E-state index >= 15 is 0 Å². The van der Waals surface area contributed by atoms with Gasteiger partial charge in [-0.25, -0.2) is 0 Å². The van der Waals surface area contributed by atoms with Crippen molar-refractivity contribution < 1.29 is 0 Å². The summed E-state index contributed by atoms with van der Waals surface area (Å²) >= 11 is 0. The van der Waals surface area contributed by atoms with Crippen LogP contribution in [0, 0.1) is 21.7 Å². The van der Waals surface area contributed by atoms with Gasteiger partial charge in [-0.3, -0.25) is 0 Å². The standard InChI is InChI=1S/C15H26.HI/c1-12(2)10-11-13(3,4)15(6)9-7-8-14(12,15)5;/h10-11H,7-9H2,1-6H3;1H. The third-order valence-electron chi connectivity index (χ3n) is 6.33. The highest BCUT2D eigenvalue weighted by Crippen LogP contribution is 2.70. The summed E-state index contributed by atoms with van der Waals surface area (Å²) in [5, 5.41) is 0. The second-order valence-electron chi connectivity index (χ2n) is 7.29. The van der Waals surface area contributed by atoms with Crippen LogP contribution in [0.15, 0.2) is 12.2 Å². The van der Waals surface area contributed by atoms with Crippen LogP contribution in [0.1, 0.15) is 60.8 Å². The second kappa shape index (κ2) is 3.73. The van der Waals surface area contributed by atoms with Crippen molar-refractivity contribution in [3.05, 3.63) is 12.2 Å². The van der Waals surface area contributed by atoms with Crippen LogP contribution in [0.4, 0.5) is 0 Å². The molecule has 2 atom stereocenters. The van der Waals surface area contributed by atoms with Crippen LogP contribution in [0.2, 0.25) is 0 Å². The van der Waals surface area contributed by atoms with Crippen molar-refractivity contribution >= 4 is 24.0 Å². The molecular weight excluding hydrogens is 307 g/mol. The van der Waals surface area contributed by atoms with Gasteiger partial charge < -0.3 is 0 Å². The number of fused-ring (bicyclic) bond motifs is 1. The molecule has 0 aromatic heterocycles. The number of rotatable bonds is 0. The smallest absolute Gasteiger partial charge is 0.0115 e. The zero-order valence-corrected chi connectivity index (χ0v) is 14.0. The molecule has 0 N–H and O–H groups in total. The molecule has 2 unspecified atom stereocenters. The Labute approximate surface area is 118 Å². The van der Waals surface area contributed by atoms with E-state index in [-0.39, 0.29) is 24.0 Å². The Bertz CT molecular complexity index is 283. The van der Waals surface area contributed by atoms with Gasteiger partial charge in [0.1, 0.15) is 0 Å². The molecule has 0 aromatic carbocycles. The fourth-order valence-corrected chi connectivity index (χ4v) is 4.20. The minimum absolute atomic E-state index is 0. The van der Waals surface area contributed by atoms with E-state index in [1.807, 2.05) is 0 Å². The van der Waals surface area contributed by atoms with E-state index in [4.69, 9.17) is 0 Å². The van der Waals surface area contributed by atoms with E-state index < -0.39 is 0 Å². The van der Waals surface area contributed by atoms with Crippen molar-refractivity contribution in [2.45, 2.75) is 60.8 Å². The van der Waals surface area contributed by atoms with Gasteiger partial charge in [0, 0.05) is 0 Å². The van der Waals surface area contributed by atoms with Crippen LogP contribution in [-0.2, 0) is 0 Å². The topological polar surface area (TPSA) is 0 Å². The highest BCUT2D eigenvalue weighted by molar-refractivity contribution is 14.0. The van der Waals surface area contributed by atoms with Crippen LogP contribution in [0.5, 0.6) is 0 Å². The van der Waals surface area contributed by atoms with Crippen LogP contribution >= 0.6 is 24.0 Å². The maximum absolute atomic E-state index is 2.52. The first-order chi connectivity index (χ1) is 6.66. The minimum Gasteiger partial charge on any atom is -0.107 e. The third-order valence-corrected chi connectivity index (χ3v) is 6.33. The molecule has 0 amide bonds. The maximum atomic E-state index is 2.52. The fraction of sp³-hybridized carbons (Fsp3) is 0.867. The molecule has 2 aliphatic rings. The summed E-state index contributed by atoms with van der Waals surface area (Å²) in [6.07, 6.45) is 9.14. The molecule has 0 heterocycles. The van der Waals surface area contributed by atoms with Crippen molar-refractivity contribution in [3.63, 3.8) is 0 Å². The van der Waals surface area contributed by atoms with E-state index in [1.165, 1.54) is 19.3 Å². The highest BCUT2D eigenvalue weighted by Gasteiger charge is 2.62. The van der Waals surface area contributed by atoms with Gasteiger partial charge in [-0.05, 0) is 34.5 Å². The SMILES string of the molecule is CC1(C)C=CC(C)(C)C2(C)CCCC12C.I. The van der Waals surface area contributed by atoms with E-state index in [0.29, 0.717) is 21.7 Å². The second-order valence-corrected chi connectivity index (χ2v) is 7.29. The molecule has 16 heavy (non-hydrogen) atoms. The molecule has 0 aliphatic heterocycles. The lowest BCUT2D eigenvalue weighted by molar-refractivity contribution is -0.0684. The van der Waals surface area contributed by atoms with Crippen LogP contribution < -0.4 is 0 Å². The van der Waals surface area contributed by atoms with Crippen molar-refractivity contribution in [1.29, 1.82) is 0 Å². The van der Waals surface area contributed by atoms with Gasteiger partial charge in [0.2, 0.25) is 0 Å². The van der Waals surface area contributed by atoms with Crippen molar-refractivity contribution in [1.82, 2.24) is 0 Å². The molecule has 94 valence electrons. The number of hydrogen-bond acceptors (Lipinski definition) is 0. The Morgan fingerprint density at radius 3 is 1.31 bits per heavy atom. The lowest BCUT2D eigenvalue weighted by Gasteiger charge is -2.60. The van der Waals surface area contributed by atoms with E-state index in [2.05, 4.69) is 53.7 Å². The molecular formula is C15H27I. The molecule has 0 spiro atoms. The van der Waals surface area contributed by atoms with Crippen LogP contribution in [-0.4, -0.2) is 0 Å². The summed E-state index contributed by atoms with van der Waals surface area (Å²) in [5.41, 5.74) is 1.65. The average molecular weight is 334 g/mol. The number of allylic oxidation sites excluding steroid dienone is 2. The summed E-state index contributed by atoms with van der Waals surface area (Å²) in [5.74, 6) is 0. The first kappa shape index (κ1) is 14.5. The van der Waals surface area contributed by atoms with E-state index in [1.54, 1.807) is 0 Å². The summed E-state index contributed by atoms with van der Waals surface area (Å²) in [4.78, 5) is 0. The predicted molar refractivity (Wildman–Crippen MR) is 82.2 cm³/mol. The number of halogens is 1. The van der Waals surface area contributed by atoms with Gasteiger partial charge in [-0.15, -0.1) is 24.0 Å². The van der Waals surface area contributed by atoms with Gasteiger partial charge in [-0.2, -0.15) is 0 Å². The lowest BCUT2D eigenvalue weighted by atomic mass is 9.44. The average Bonchev–Trinajstić information content (AvgIpc) is 2.42. The summed E-state index contributed by atoms with van der Waals surface area (Å²) < 4.78 is 0. The van der Waals surface area contributed by atoms with E-state index in [9.17, 15) is 0 Å². The number of hydrogen-bond donors (Lipinski definition) is 0. The van der Waals surface area contributed by atoms with Gasteiger partial charge in [0.25, 0.3) is 0 Å². The Hall–Kier alpha value is 0.470. The predicted octanol–water partition coefficient (Wildman–Crippen LogP) is 5.42. The first-order valence-corrected chi connectivity index (χ1v) is 6.37. The van der Waals surface area contributed by atoms with Crippen molar-refractivity contribution in [3.8, 4) is 0 Å². The molecule has 0 bridgehead atoms. The van der Waals surface area contributed by atoms with Gasteiger partial charge in [0.15, 0.2) is 0 Å². The zero-order chi connectivity index (χ0) is 11.5. The van der Waals surface area contributed by atoms with Gasteiger partial charge in [0.05, 0.1) is 0 Å². The Kier molecular flexibility index (Phi) is 3.39. The van der Waals surface area contributed by atoms with Gasteiger partial charge in [-0.1, -0.05) is 60.1 Å². The molecule has 0 aromatic rings. The quantitative estimate of drug-likeness (QED) is 0.410. The zero-order valence-electron chi connectivity index (χ0n) is 11.7. The molecule has 0 nitrogen and oxygen atoms in total. The Morgan fingerprint density at radius 1 is 0.688 bits per heavy atom. The van der Waals surface area contributed by atoms with Crippen LogP contribution in [0.3, 0.4) is 0 Å². The van der Waals surface area contributed by atoms with Crippen molar-refractivity contribution in [2.24, 2.45) is 21.7 Å². The molecule has 0 radical (unpaired) electrons. The highest BCUT2D eigenvalue weighted by atomic mass is 127. The Morgan fingerprint density at radius 2 is 1.00 bits per heavy atom. The molecule has 1 heteroatoms. The molecule has 1 fully saturated rings. The van der Waals surface area contributed by atoms with Crippen LogP contribution in [0.25, 0.3) is 0 Å². The third kappa shape index (κ3) is 1.46. The maximum Gasteiger partial charge on any atom is -0.0115 e.